The van der Waals surface area contributed by atoms with Crippen molar-refractivity contribution in [3.8, 4) is 0 Å². The predicted octanol–water partition coefficient (Wildman–Crippen LogP) is 2.51. The molecule has 1 heterocycles. The molecule has 0 saturated carbocycles. The molecule has 0 bridgehead atoms. The Labute approximate surface area is 127 Å². The molecule has 2 amide bonds. The third kappa shape index (κ3) is 4.68. The summed E-state index contributed by atoms with van der Waals surface area (Å²) in [4.78, 5) is 27.0. The Hall–Kier alpha value is -2.21. The molecule has 0 aliphatic carbocycles. The van der Waals surface area contributed by atoms with E-state index in [1.165, 1.54) is 17.3 Å². The molecule has 0 saturated heterocycles. The van der Waals surface area contributed by atoms with E-state index in [2.05, 4.69) is 34.6 Å². The molecule has 110 valence electrons. The number of hydrogen-bond donors (Lipinski definition) is 2. The number of hydrogen-bond acceptors (Lipinski definition) is 4. The van der Waals surface area contributed by atoms with E-state index in [9.17, 15) is 9.59 Å². The normalized spacial score (nSPS) is 10.3. The lowest BCUT2D eigenvalue weighted by Gasteiger charge is -2.03. The number of anilines is 1. The molecule has 2 rings (SSSR count). The third-order valence-corrected chi connectivity index (χ3v) is 3.91. The maximum absolute atomic E-state index is 11.8. The average Bonchev–Trinajstić information content (AvgIpc) is 2.90. The smallest absolute Gasteiger partial charge is 0.260 e. The minimum absolute atomic E-state index is 0.104. The first-order chi connectivity index (χ1) is 10.0. The van der Waals surface area contributed by atoms with Crippen LogP contribution in [0.5, 0.6) is 0 Å². The third-order valence-electron chi connectivity index (χ3n) is 2.98. The quantitative estimate of drug-likeness (QED) is 0.860. The van der Waals surface area contributed by atoms with Gasteiger partial charge in [0.15, 0.2) is 5.13 Å². The van der Waals surface area contributed by atoms with Crippen LogP contribution in [0.3, 0.4) is 0 Å². The molecule has 0 fully saturated rings. The van der Waals surface area contributed by atoms with Gasteiger partial charge in [-0.05, 0) is 25.3 Å². The Balaban J connectivity index is 1.76. The molecular formula is C15H17N3O2S. The fraction of sp³-hybridized carbons (Fsp3) is 0.267. The zero-order valence-corrected chi connectivity index (χ0v) is 12.6. The standard InChI is InChI=1S/C15H17N3O2S/c1-10-5-7-11(8-6-10)3-2-4-13(19)18-15-17-9-12(21-15)14(16)20/h5-9H,2-4H2,1H3,(H2,16,20)(H,17,18,19). The van der Waals surface area contributed by atoms with Crippen LogP contribution in [0.15, 0.2) is 30.5 Å². The Morgan fingerprint density at radius 2 is 2.00 bits per heavy atom. The first-order valence-corrected chi connectivity index (χ1v) is 7.47. The van der Waals surface area contributed by atoms with Crippen LogP contribution in [0.25, 0.3) is 0 Å². The zero-order valence-electron chi connectivity index (χ0n) is 11.8. The highest BCUT2D eigenvalue weighted by Gasteiger charge is 2.09. The van der Waals surface area contributed by atoms with Crippen molar-refractivity contribution in [1.29, 1.82) is 0 Å². The molecule has 2 aromatic rings. The lowest BCUT2D eigenvalue weighted by molar-refractivity contribution is -0.116. The number of rotatable bonds is 6. The van der Waals surface area contributed by atoms with E-state index in [0.29, 0.717) is 16.4 Å². The van der Waals surface area contributed by atoms with Gasteiger partial charge in [0.05, 0.1) is 6.20 Å². The number of nitrogens with zero attached hydrogens (tertiary/aromatic N) is 1. The number of benzene rings is 1. The number of primary amides is 1. The minimum atomic E-state index is -0.535. The maximum Gasteiger partial charge on any atom is 0.260 e. The van der Waals surface area contributed by atoms with Crippen LogP contribution in [-0.2, 0) is 11.2 Å². The minimum Gasteiger partial charge on any atom is -0.365 e. The summed E-state index contributed by atoms with van der Waals surface area (Å²) in [6, 6.07) is 8.28. The van der Waals surface area contributed by atoms with Crippen molar-refractivity contribution in [3.63, 3.8) is 0 Å². The number of carbonyl (C=O) groups excluding carboxylic acids is 2. The second-order valence-corrected chi connectivity index (χ2v) is 5.81. The highest BCUT2D eigenvalue weighted by atomic mass is 32.1. The van der Waals surface area contributed by atoms with Gasteiger partial charge in [0.2, 0.25) is 5.91 Å². The average molecular weight is 303 g/mol. The van der Waals surface area contributed by atoms with Gasteiger partial charge in [-0.1, -0.05) is 41.2 Å². The van der Waals surface area contributed by atoms with Gasteiger partial charge in [-0.2, -0.15) is 0 Å². The molecule has 1 aromatic carbocycles. The summed E-state index contributed by atoms with van der Waals surface area (Å²) in [6.45, 7) is 2.05. The molecule has 21 heavy (non-hydrogen) atoms. The zero-order chi connectivity index (χ0) is 15.2. The molecule has 0 atom stereocenters. The van der Waals surface area contributed by atoms with Crippen molar-refractivity contribution in [3.05, 3.63) is 46.5 Å². The summed E-state index contributed by atoms with van der Waals surface area (Å²) in [5.41, 5.74) is 7.58. The molecule has 3 N–H and O–H groups in total. The molecule has 0 spiro atoms. The van der Waals surface area contributed by atoms with Crippen molar-refractivity contribution in [1.82, 2.24) is 4.98 Å². The first-order valence-electron chi connectivity index (χ1n) is 6.65. The van der Waals surface area contributed by atoms with Crippen LogP contribution in [0.2, 0.25) is 0 Å². The van der Waals surface area contributed by atoms with Gasteiger partial charge >= 0.3 is 0 Å². The van der Waals surface area contributed by atoms with Crippen LogP contribution in [0, 0.1) is 6.92 Å². The SMILES string of the molecule is Cc1ccc(CCCC(=O)Nc2ncc(C(N)=O)s2)cc1. The largest absolute Gasteiger partial charge is 0.365 e. The summed E-state index contributed by atoms with van der Waals surface area (Å²) in [7, 11) is 0. The summed E-state index contributed by atoms with van der Waals surface area (Å²) in [5, 5.41) is 3.08. The monoisotopic (exact) mass is 303 g/mol. The van der Waals surface area contributed by atoms with Crippen molar-refractivity contribution in [2.24, 2.45) is 5.73 Å². The van der Waals surface area contributed by atoms with Crippen LogP contribution in [-0.4, -0.2) is 16.8 Å². The molecule has 0 unspecified atom stereocenters. The number of amides is 2. The number of nitrogens with two attached hydrogens (primary N) is 1. The van der Waals surface area contributed by atoms with Crippen LogP contribution < -0.4 is 11.1 Å². The lowest BCUT2D eigenvalue weighted by Crippen LogP contribution is -2.11. The lowest BCUT2D eigenvalue weighted by atomic mass is 10.1. The van der Waals surface area contributed by atoms with E-state index >= 15 is 0 Å². The van der Waals surface area contributed by atoms with Crippen molar-refractivity contribution in [2.45, 2.75) is 26.2 Å². The molecule has 0 aliphatic rings. The Morgan fingerprint density at radius 3 is 2.62 bits per heavy atom. The molecule has 6 heteroatoms. The van der Waals surface area contributed by atoms with Gasteiger partial charge in [0.1, 0.15) is 4.88 Å². The van der Waals surface area contributed by atoms with E-state index in [4.69, 9.17) is 5.73 Å². The number of thiazole rings is 1. The molecule has 0 aliphatic heterocycles. The van der Waals surface area contributed by atoms with Gasteiger partial charge in [-0.3, -0.25) is 9.59 Å². The molecule has 5 nitrogen and oxygen atoms in total. The Morgan fingerprint density at radius 1 is 1.29 bits per heavy atom. The van der Waals surface area contributed by atoms with E-state index in [1.54, 1.807) is 0 Å². The van der Waals surface area contributed by atoms with Gasteiger partial charge in [0.25, 0.3) is 5.91 Å². The fourth-order valence-corrected chi connectivity index (χ4v) is 2.52. The topological polar surface area (TPSA) is 85.1 Å². The van der Waals surface area contributed by atoms with Crippen molar-refractivity contribution < 1.29 is 9.59 Å². The fourth-order valence-electron chi connectivity index (χ4n) is 1.84. The second kappa shape index (κ2) is 6.99. The number of aryl methyl sites for hydroxylation is 2. The highest BCUT2D eigenvalue weighted by Crippen LogP contribution is 2.17. The van der Waals surface area contributed by atoms with Gasteiger partial charge in [-0.25, -0.2) is 4.98 Å². The number of carbonyl (C=O) groups is 2. The first kappa shape index (κ1) is 15.2. The molecular weight excluding hydrogens is 286 g/mol. The predicted molar refractivity (Wildman–Crippen MR) is 83.4 cm³/mol. The Bertz CT molecular complexity index is 635. The van der Waals surface area contributed by atoms with E-state index in [1.807, 2.05) is 6.92 Å². The van der Waals surface area contributed by atoms with E-state index in [0.717, 1.165) is 24.2 Å². The van der Waals surface area contributed by atoms with E-state index in [-0.39, 0.29) is 5.91 Å². The summed E-state index contributed by atoms with van der Waals surface area (Å²) >= 11 is 1.08. The van der Waals surface area contributed by atoms with Crippen LogP contribution in [0.1, 0.15) is 33.6 Å². The van der Waals surface area contributed by atoms with Gasteiger partial charge in [0, 0.05) is 6.42 Å². The second-order valence-electron chi connectivity index (χ2n) is 4.78. The van der Waals surface area contributed by atoms with E-state index < -0.39 is 5.91 Å². The molecule has 0 radical (unpaired) electrons. The number of nitrogens with one attached hydrogen (secondary N) is 1. The van der Waals surface area contributed by atoms with Gasteiger partial charge < -0.3 is 11.1 Å². The summed E-state index contributed by atoms with van der Waals surface area (Å²) in [5.74, 6) is -0.639. The van der Waals surface area contributed by atoms with Gasteiger partial charge in [-0.15, -0.1) is 0 Å². The Kier molecular flexibility index (Phi) is 5.05. The van der Waals surface area contributed by atoms with Crippen LogP contribution >= 0.6 is 11.3 Å². The van der Waals surface area contributed by atoms with Crippen molar-refractivity contribution >= 4 is 28.3 Å². The molecule has 1 aromatic heterocycles. The van der Waals surface area contributed by atoms with Crippen LogP contribution in [0.4, 0.5) is 5.13 Å². The summed E-state index contributed by atoms with van der Waals surface area (Å²) < 4.78 is 0. The summed E-state index contributed by atoms with van der Waals surface area (Å²) in [6.07, 6.45) is 3.41. The maximum atomic E-state index is 11.8. The highest BCUT2D eigenvalue weighted by molar-refractivity contribution is 7.17. The van der Waals surface area contributed by atoms with Crippen molar-refractivity contribution in [2.75, 3.05) is 5.32 Å². The number of aromatic nitrogens is 1.